The van der Waals surface area contributed by atoms with Crippen LogP contribution in [-0.2, 0) is 6.54 Å². The highest BCUT2D eigenvalue weighted by molar-refractivity contribution is 7.21. The van der Waals surface area contributed by atoms with E-state index in [9.17, 15) is 9.90 Å². The van der Waals surface area contributed by atoms with Gasteiger partial charge < -0.3 is 14.4 Å². The zero-order chi connectivity index (χ0) is 23.9. The highest BCUT2D eigenvalue weighted by atomic mass is 35.5. The molecular formula is C27H22ClN3O3S. The zero-order valence-electron chi connectivity index (χ0n) is 18.8. The van der Waals surface area contributed by atoms with E-state index >= 15 is 0 Å². The van der Waals surface area contributed by atoms with E-state index in [1.807, 2.05) is 48.5 Å². The Morgan fingerprint density at radius 1 is 1.00 bits per heavy atom. The molecule has 6 nitrogen and oxygen atoms in total. The van der Waals surface area contributed by atoms with Crippen molar-refractivity contribution in [2.24, 2.45) is 0 Å². The molecule has 1 saturated heterocycles. The molecule has 0 spiro atoms. The van der Waals surface area contributed by atoms with Gasteiger partial charge in [0.2, 0.25) is 0 Å². The lowest BCUT2D eigenvalue weighted by atomic mass is 10.1. The fraction of sp³-hybridized carbons (Fsp3) is 0.185. The molecule has 3 heterocycles. The van der Waals surface area contributed by atoms with Crippen molar-refractivity contribution in [3.63, 3.8) is 0 Å². The number of aromatic nitrogens is 1. The van der Waals surface area contributed by atoms with Gasteiger partial charge in [0.25, 0.3) is 0 Å². The number of halogens is 1. The van der Waals surface area contributed by atoms with E-state index < -0.39 is 5.63 Å². The molecule has 5 aromatic rings. The van der Waals surface area contributed by atoms with E-state index in [0.717, 1.165) is 52.5 Å². The molecule has 6 rings (SSSR count). The van der Waals surface area contributed by atoms with E-state index in [1.54, 1.807) is 12.1 Å². The standard InChI is InChI=1S/C27H22ClN3O3S/c28-18-4-3-5-19(15-18)31-12-10-30(11-13-31)16-21-23(32)9-8-17-14-20(27(33)34-25(17)21)26-29-22-6-1-2-7-24(22)35-26/h1-9,14-15,32H,10-13,16H2. The maximum absolute atomic E-state index is 13.0. The first-order valence-electron chi connectivity index (χ1n) is 11.4. The summed E-state index contributed by atoms with van der Waals surface area (Å²) < 4.78 is 6.82. The van der Waals surface area contributed by atoms with Crippen LogP contribution >= 0.6 is 22.9 Å². The van der Waals surface area contributed by atoms with Gasteiger partial charge in [-0.15, -0.1) is 11.3 Å². The summed E-state index contributed by atoms with van der Waals surface area (Å²) in [6.07, 6.45) is 0. The topological polar surface area (TPSA) is 69.8 Å². The highest BCUT2D eigenvalue weighted by Crippen LogP contribution is 2.33. The number of anilines is 1. The highest BCUT2D eigenvalue weighted by Gasteiger charge is 2.22. The van der Waals surface area contributed by atoms with Crippen LogP contribution in [0.25, 0.3) is 31.8 Å². The van der Waals surface area contributed by atoms with Gasteiger partial charge in [-0.25, -0.2) is 9.78 Å². The van der Waals surface area contributed by atoms with E-state index in [2.05, 4.69) is 20.9 Å². The largest absolute Gasteiger partial charge is 0.507 e. The zero-order valence-corrected chi connectivity index (χ0v) is 20.4. The number of thiazole rings is 1. The summed E-state index contributed by atoms with van der Waals surface area (Å²) in [6.45, 7) is 3.82. The van der Waals surface area contributed by atoms with E-state index in [0.29, 0.717) is 28.3 Å². The minimum absolute atomic E-state index is 0.130. The number of para-hydroxylation sites is 1. The quantitative estimate of drug-likeness (QED) is 0.315. The first kappa shape index (κ1) is 22.1. The summed E-state index contributed by atoms with van der Waals surface area (Å²) >= 11 is 7.62. The summed E-state index contributed by atoms with van der Waals surface area (Å²) in [5, 5.41) is 12.8. The number of hydrogen-bond donors (Lipinski definition) is 1. The Labute approximate surface area is 210 Å². The Balaban J connectivity index is 1.27. The lowest BCUT2D eigenvalue weighted by Crippen LogP contribution is -2.46. The van der Waals surface area contributed by atoms with Crippen molar-refractivity contribution >= 4 is 49.8 Å². The van der Waals surface area contributed by atoms with Gasteiger partial charge in [-0.05, 0) is 48.5 Å². The first-order valence-corrected chi connectivity index (χ1v) is 12.6. The number of aromatic hydroxyl groups is 1. The van der Waals surface area contributed by atoms with Gasteiger partial charge in [0.1, 0.15) is 16.3 Å². The molecule has 0 unspecified atom stereocenters. The van der Waals surface area contributed by atoms with Crippen LogP contribution in [0.4, 0.5) is 5.69 Å². The normalized spacial score (nSPS) is 14.7. The Morgan fingerprint density at radius 3 is 2.63 bits per heavy atom. The van der Waals surface area contributed by atoms with E-state index in [-0.39, 0.29) is 5.75 Å². The third-order valence-corrected chi connectivity index (χ3v) is 7.74. The molecule has 0 radical (unpaired) electrons. The minimum Gasteiger partial charge on any atom is -0.507 e. The molecule has 176 valence electrons. The molecule has 0 bridgehead atoms. The molecule has 1 N–H and O–H groups in total. The number of phenolic OH excluding ortho intramolecular Hbond substituents is 1. The third kappa shape index (κ3) is 4.27. The number of nitrogens with zero attached hydrogens (tertiary/aromatic N) is 3. The van der Waals surface area contributed by atoms with E-state index in [4.69, 9.17) is 16.0 Å². The molecule has 35 heavy (non-hydrogen) atoms. The molecular weight excluding hydrogens is 482 g/mol. The summed E-state index contributed by atoms with van der Waals surface area (Å²) in [5.74, 6) is 0.130. The van der Waals surface area contributed by atoms with Crippen molar-refractivity contribution in [3.05, 3.63) is 87.7 Å². The van der Waals surface area contributed by atoms with Crippen LogP contribution in [-0.4, -0.2) is 41.2 Å². The Bertz CT molecular complexity index is 1570. The number of piperazine rings is 1. The number of phenols is 1. The summed E-state index contributed by atoms with van der Waals surface area (Å²) in [6, 6.07) is 21.0. The van der Waals surface area contributed by atoms with Crippen molar-refractivity contribution in [2.75, 3.05) is 31.1 Å². The van der Waals surface area contributed by atoms with Gasteiger partial charge in [0.05, 0.1) is 21.3 Å². The maximum atomic E-state index is 13.0. The van der Waals surface area contributed by atoms with Crippen molar-refractivity contribution in [1.29, 1.82) is 0 Å². The molecule has 2 aromatic heterocycles. The van der Waals surface area contributed by atoms with Crippen molar-refractivity contribution < 1.29 is 9.52 Å². The fourth-order valence-electron chi connectivity index (χ4n) is 4.58. The van der Waals surface area contributed by atoms with Gasteiger partial charge in [0.15, 0.2) is 0 Å². The van der Waals surface area contributed by atoms with Crippen molar-refractivity contribution in [3.8, 4) is 16.3 Å². The van der Waals surface area contributed by atoms with Crippen LogP contribution < -0.4 is 10.5 Å². The van der Waals surface area contributed by atoms with Gasteiger partial charge in [-0.2, -0.15) is 0 Å². The van der Waals surface area contributed by atoms with Crippen LogP contribution in [0.1, 0.15) is 5.56 Å². The second kappa shape index (κ2) is 9.00. The SMILES string of the molecule is O=c1oc2c(CN3CCN(c4cccc(Cl)c4)CC3)c(O)ccc2cc1-c1nc2ccccc2s1. The summed E-state index contributed by atoms with van der Waals surface area (Å²) in [4.78, 5) is 22.2. The predicted molar refractivity (Wildman–Crippen MR) is 142 cm³/mol. The van der Waals surface area contributed by atoms with Crippen LogP contribution in [0.2, 0.25) is 5.02 Å². The van der Waals surface area contributed by atoms with Crippen LogP contribution in [0.5, 0.6) is 5.75 Å². The molecule has 8 heteroatoms. The first-order chi connectivity index (χ1) is 17.0. The number of hydrogen-bond acceptors (Lipinski definition) is 7. The Morgan fingerprint density at radius 2 is 1.83 bits per heavy atom. The second-order valence-electron chi connectivity index (χ2n) is 8.66. The van der Waals surface area contributed by atoms with Crippen molar-refractivity contribution in [1.82, 2.24) is 9.88 Å². The molecule has 0 saturated carbocycles. The van der Waals surface area contributed by atoms with Crippen LogP contribution in [0.3, 0.4) is 0 Å². The summed E-state index contributed by atoms with van der Waals surface area (Å²) in [7, 11) is 0. The number of benzene rings is 3. The summed E-state index contributed by atoms with van der Waals surface area (Å²) in [5.41, 5.74) is 3.01. The molecule has 0 atom stereocenters. The average Bonchev–Trinajstić information content (AvgIpc) is 3.30. The Hall–Kier alpha value is -3.39. The van der Waals surface area contributed by atoms with Gasteiger partial charge in [0, 0.05) is 48.8 Å². The second-order valence-corrected chi connectivity index (χ2v) is 10.1. The lowest BCUT2D eigenvalue weighted by Gasteiger charge is -2.36. The molecule has 1 aliphatic rings. The smallest absolute Gasteiger partial charge is 0.346 e. The minimum atomic E-state index is -0.450. The van der Waals surface area contributed by atoms with Crippen LogP contribution in [0, 0.1) is 0 Å². The van der Waals surface area contributed by atoms with Crippen molar-refractivity contribution in [2.45, 2.75) is 6.54 Å². The van der Waals surface area contributed by atoms with Gasteiger partial charge in [-0.3, -0.25) is 4.90 Å². The lowest BCUT2D eigenvalue weighted by molar-refractivity contribution is 0.246. The molecule has 0 aliphatic carbocycles. The molecule has 0 amide bonds. The van der Waals surface area contributed by atoms with Gasteiger partial charge >= 0.3 is 5.63 Å². The molecule has 1 aliphatic heterocycles. The van der Waals surface area contributed by atoms with Crippen LogP contribution in [0.15, 0.2) is 75.9 Å². The third-order valence-electron chi connectivity index (χ3n) is 6.43. The monoisotopic (exact) mass is 503 g/mol. The average molecular weight is 504 g/mol. The molecule has 1 fully saturated rings. The molecule has 3 aromatic carbocycles. The number of rotatable bonds is 4. The number of fused-ring (bicyclic) bond motifs is 2. The fourth-order valence-corrected chi connectivity index (χ4v) is 5.74. The van der Waals surface area contributed by atoms with E-state index in [1.165, 1.54) is 11.3 Å². The van der Waals surface area contributed by atoms with Gasteiger partial charge in [-0.1, -0.05) is 29.8 Å². The Kier molecular flexibility index (Phi) is 5.68. The maximum Gasteiger partial charge on any atom is 0.346 e. The predicted octanol–water partition coefficient (Wildman–Crippen LogP) is 5.75.